The van der Waals surface area contributed by atoms with Crippen LogP contribution in [0.25, 0.3) is 5.43 Å². The standard InChI is InChI=1S/C14H32N3O/c1-6-13(2)10-8-7-9-11-16-17(5)12-15-14(3,4)18/h13,15,18H,6-12H2,1-5H3/q-1/t13-/m1/s1. The van der Waals surface area contributed by atoms with Gasteiger partial charge in [-0.05, 0) is 26.8 Å². The summed E-state index contributed by atoms with van der Waals surface area (Å²) in [7, 11) is 1.93. The van der Waals surface area contributed by atoms with E-state index in [0.717, 1.165) is 18.9 Å². The molecule has 0 amide bonds. The van der Waals surface area contributed by atoms with Gasteiger partial charge < -0.3 is 15.5 Å². The minimum absolute atomic E-state index is 0.580. The monoisotopic (exact) mass is 258 g/mol. The Balaban J connectivity index is 3.33. The van der Waals surface area contributed by atoms with Crippen molar-refractivity contribution < 1.29 is 5.11 Å². The lowest BCUT2D eigenvalue weighted by molar-refractivity contribution is 0.0324. The average molecular weight is 258 g/mol. The van der Waals surface area contributed by atoms with Crippen molar-refractivity contribution in [3.8, 4) is 0 Å². The van der Waals surface area contributed by atoms with Gasteiger partial charge in [0, 0.05) is 6.67 Å². The quantitative estimate of drug-likeness (QED) is 0.340. The molecule has 0 fully saturated rings. The number of nitrogens with zero attached hydrogens (tertiary/aromatic N) is 2. The maximum Gasteiger partial charge on any atom is 0.111 e. The van der Waals surface area contributed by atoms with Crippen molar-refractivity contribution in [3.63, 3.8) is 0 Å². The number of unbranched alkanes of at least 4 members (excludes halogenated alkanes) is 2. The normalized spacial score (nSPS) is 14.2. The third-order valence-corrected chi connectivity index (χ3v) is 3.13. The fourth-order valence-corrected chi connectivity index (χ4v) is 1.58. The van der Waals surface area contributed by atoms with E-state index in [1.54, 1.807) is 13.8 Å². The first-order chi connectivity index (χ1) is 8.35. The number of hydrogen-bond donors (Lipinski definition) is 2. The maximum absolute atomic E-state index is 9.50. The molecule has 1 atom stereocenters. The van der Waals surface area contributed by atoms with Crippen LogP contribution in [0.5, 0.6) is 0 Å². The second-order valence-electron chi connectivity index (χ2n) is 5.78. The van der Waals surface area contributed by atoms with Gasteiger partial charge in [0.2, 0.25) is 0 Å². The molecule has 0 heterocycles. The first-order valence-corrected chi connectivity index (χ1v) is 7.21. The lowest BCUT2D eigenvalue weighted by atomic mass is 10.0. The van der Waals surface area contributed by atoms with Gasteiger partial charge in [0.15, 0.2) is 0 Å². The van der Waals surface area contributed by atoms with E-state index in [0.29, 0.717) is 6.67 Å². The topological polar surface area (TPSA) is 49.6 Å². The van der Waals surface area contributed by atoms with Gasteiger partial charge in [0.1, 0.15) is 5.72 Å². The molecule has 0 unspecified atom stereocenters. The molecule has 4 nitrogen and oxygen atoms in total. The van der Waals surface area contributed by atoms with Crippen LogP contribution in [0.3, 0.4) is 0 Å². The molecule has 18 heavy (non-hydrogen) atoms. The zero-order valence-electron chi connectivity index (χ0n) is 12.9. The third-order valence-electron chi connectivity index (χ3n) is 3.13. The van der Waals surface area contributed by atoms with Gasteiger partial charge in [-0.15, -0.1) is 6.54 Å². The van der Waals surface area contributed by atoms with Crippen LogP contribution in [0.15, 0.2) is 0 Å². The minimum Gasteiger partial charge on any atom is -0.594 e. The lowest BCUT2D eigenvalue weighted by Gasteiger charge is -2.35. The first-order valence-electron chi connectivity index (χ1n) is 7.21. The van der Waals surface area contributed by atoms with Crippen LogP contribution in [0.2, 0.25) is 0 Å². The Morgan fingerprint density at radius 2 is 1.94 bits per heavy atom. The highest BCUT2D eigenvalue weighted by Gasteiger charge is 2.09. The van der Waals surface area contributed by atoms with Crippen LogP contribution < -0.4 is 5.32 Å². The molecule has 0 aromatic heterocycles. The van der Waals surface area contributed by atoms with E-state index in [1.807, 2.05) is 12.1 Å². The van der Waals surface area contributed by atoms with Crippen LogP contribution in [0.1, 0.15) is 59.8 Å². The van der Waals surface area contributed by atoms with Crippen LogP contribution in [-0.2, 0) is 0 Å². The summed E-state index contributed by atoms with van der Waals surface area (Å²) in [5, 5.41) is 14.3. The average Bonchev–Trinajstić information content (AvgIpc) is 2.29. The molecule has 0 spiro atoms. The molecule has 0 aromatic carbocycles. The van der Waals surface area contributed by atoms with Gasteiger partial charge in [-0.3, -0.25) is 5.32 Å². The van der Waals surface area contributed by atoms with Crippen molar-refractivity contribution in [2.45, 2.75) is 65.5 Å². The Bertz CT molecular complexity index is 192. The summed E-state index contributed by atoms with van der Waals surface area (Å²) in [5.74, 6) is 0.862. The molecule has 110 valence electrons. The molecular weight excluding hydrogens is 226 g/mol. The van der Waals surface area contributed by atoms with Crippen LogP contribution in [0.4, 0.5) is 0 Å². The van der Waals surface area contributed by atoms with Crippen LogP contribution in [0, 0.1) is 5.92 Å². The highest BCUT2D eigenvalue weighted by molar-refractivity contribution is 4.74. The second kappa shape index (κ2) is 9.73. The van der Waals surface area contributed by atoms with Crippen molar-refractivity contribution in [1.29, 1.82) is 0 Å². The molecule has 0 saturated carbocycles. The number of aliphatic hydroxyl groups is 1. The van der Waals surface area contributed by atoms with Crippen LogP contribution in [-0.4, -0.2) is 36.1 Å². The smallest absolute Gasteiger partial charge is 0.111 e. The van der Waals surface area contributed by atoms with E-state index in [2.05, 4.69) is 24.6 Å². The molecule has 0 aromatic rings. The molecule has 0 radical (unpaired) electrons. The second-order valence-corrected chi connectivity index (χ2v) is 5.78. The van der Waals surface area contributed by atoms with E-state index in [-0.39, 0.29) is 0 Å². The SMILES string of the molecule is CC[C@@H](C)CCCCC[N-]N(C)CNC(C)(C)O. The van der Waals surface area contributed by atoms with Gasteiger partial charge in [-0.2, -0.15) is 0 Å². The molecule has 4 heteroatoms. The molecule has 0 aliphatic carbocycles. The van der Waals surface area contributed by atoms with Crippen molar-refractivity contribution in [1.82, 2.24) is 10.3 Å². The summed E-state index contributed by atoms with van der Waals surface area (Å²) in [6, 6.07) is 0. The number of nitrogens with one attached hydrogen (secondary N) is 1. The van der Waals surface area contributed by atoms with Crippen molar-refractivity contribution in [2.24, 2.45) is 5.92 Å². The molecule has 0 aliphatic rings. The molecule has 0 bridgehead atoms. The van der Waals surface area contributed by atoms with Crippen molar-refractivity contribution >= 4 is 0 Å². The van der Waals surface area contributed by atoms with Gasteiger partial charge in [0.25, 0.3) is 0 Å². The van der Waals surface area contributed by atoms with Gasteiger partial charge >= 0.3 is 0 Å². The molecular formula is C14H32N3O-. The molecule has 0 saturated heterocycles. The zero-order chi connectivity index (χ0) is 14.0. The fourth-order valence-electron chi connectivity index (χ4n) is 1.58. The van der Waals surface area contributed by atoms with Crippen molar-refractivity contribution in [3.05, 3.63) is 5.43 Å². The molecule has 0 aliphatic heterocycles. The first kappa shape index (κ1) is 17.8. The number of hydrogen-bond acceptors (Lipinski definition) is 3. The Morgan fingerprint density at radius 3 is 2.50 bits per heavy atom. The summed E-state index contributed by atoms with van der Waals surface area (Å²) < 4.78 is 0. The van der Waals surface area contributed by atoms with Gasteiger partial charge in [-0.25, -0.2) is 0 Å². The van der Waals surface area contributed by atoms with Crippen molar-refractivity contribution in [2.75, 3.05) is 20.3 Å². The highest BCUT2D eigenvalue weighted by Crippen LogP contribution is 2.12. The van der Waals surface area contributed by atoms with E-state index in [9.17, 15) is 5.11 Å². The fraction of sp³-hybridized carbons (Fsp3) is 1.00. The largest absolute Gasteiger partial charge is 0.594 e. The van der Waals surface area contributed by atoms with Crippen LogP contribution >= 0.6 is 0 Å². The van der Waals surface area contributed by atoms with E-state index >= 15 is 0 Å². The molecule has 2 N–H and O–H groups in total. The maximum atomic E-state index is 9.50. The van der Waals surface area contributed by atoms with Gasteiger partial charge in [0.05, 0.1) is 0 Å². The Labute approximate surface area is 113 Å². The summed E-state index contributed by atoms with van der Waals surface area (Å²) in [6.07, 6.45) is 6.36. The number of rotatable bonds is 11. The lowest BCUT2D eigenvalue weighted by Crippen LogP contribution is -2.43. The summed E-state index contributed by atoms with van der Waals surface area (Å²) in [4.78, 5) is 0. The Kier molecular flexibility index (Phi) is 9.64. The van der Waals surface area contributed by atoms with Gasteiger partial charge in [-0.1, -0.05) is 46.0 Å². The predicted octanol–water partition coefficient (Wildman–Crippen LogP) is 3.09. The Morgan fingerprint density at radius 1 is 1.28 bits per heavy atom. The predicted molar refractivity (Wildman–Crippen MR) is 78.2 cm³/mol. The Hall–Kier alpha value is -0.160. The van der Waals surface area contributed by atoms with E-state index in [1.165, 1.54) is 25.7 Å². The van der Waals surface area contributed by atoms with E-state index in [4.69, 9.17) is 0 Å². The molecule has 0 rings (SSSR count). The summed E-state index contributed by atoms with van der Waals surface area (Å²) >= 11 is 0. The highest BCUT2D eigenvalue weighted by atomic mass is 16.3. The third kappa shape index (κ3) is 12.3. The van der Waals surface area contributed by atoms with E-state index < -0.39 is 5.72 Å². The minimum atomic E-state index is -0.833. The zero-order valence-corrected chi connectivity index (χ0v) is 12.9. The summed E-state index contributed by atoms with van der Waals surface area (Å²) in [6.45, 7) is 9.50. The summed E-state index contributed by atoms with van der Waals surface area (Å²) in [5.41, 5.74) is 3.59.